The Morgan fingerprint density at radius 2 is 2.06 bits per heavy atom. The van der Waals surface area contributed by atoms with Crippen molar-refractivity contribution >= 4 is 10.0 Å². The van der Waals surface area contributed by atoms with Gasteiger partial charge in [-0.3, -0.25) is 0 Å². The number of aryl methyl sites for hydroxylation is 1. The fourth-order valence-corrected chi connectivity index (χ4v) is 2.91. The van der Waals surface area contributed by atoms with E-state index < -0.39 is 10.0 Å². The minimum atomic E-state index is -3.51. The molecule has 0 heterocycles. The van der Waals surface area contributed by atoms with Crippen LogP contribution in [0.4, 0.5) is 0 Å². The summed E-state index contributed by atoms with van der Waals surface area (Å²) in [5.41, 5.74) is 1.62. The predicted octanol–water partition coefficient (Wildman–Crippen LogP) is 1.55. The summed E-state index contributed by atoms with van der Waals surface area (Å²) >= 11 is 0. The number of sulfonamides is 1. The van der Waals surface area contributed by atoms with Crippen LogP contribution in [0.5, 0.6) is 0 Å². The number of rotatable bonds is 6. The fourth-order valence-electron chi connectivity index (χ4n) is 1.71. The van der Waals surface area contributed by atoms with Crippen molar-refractivity contribution in [1.29, 1.82) is 0 Å². The first kappa shape index (κ1) is 14.9. The highest BCUT2D eigenvalue weighted by Gasteiger charge is 2.20. The maximum atomic E-state index is 12.2. The molecule has 1 N–H and O–H groups in total. The Hall–Kier alpha value is -1.17. The molecule has 0 unspecified atom stereocenters. The molecule has 1 aromatic rings. The SMILES string of the molecule is C=CCN(C)S(=O)(=O)c1ccc(CC)c(CO)c1. The average molecular weight is 269 g/mol. The predicted molar refractivity (Wildman–Crippen MR) is 71.8 cm³/mol. The van der Waals surface area contributed by atoms with Gasteiger partial charge in [0, 0.05) is 13.6 Å². The largest absolute Gasteiger partial charge is 0.392 e. The molecule has 100 valence electrons. The Labute approximate surface area is 109 Å². The first-order valence-corrected chi connectivity index (χ1v) is 7.21. The van der Waals surface area contributed by atoms with E-state index in [2.05, 4.69) is 6.58 Å². The van der Waals surface area contributed by atoms with E-state index in [0.29, 0.717) is 5.56 Å². The van der Waals surface area contributed by atoms with Gasteiger partial charge >= 0.3 is 0 Å². The molecule has 0 fully saturated rings. The van der Waals surface area contributed by atoms with Crippen molar-refractivity contribution in [2.75, 3.05) is 13.6 Å². The summed E-state index contributed by atoms with van der Waals surface area (Å²) in [5, 5.41) is 9.26. The van der Waals surface area contributed by atoms with E-state index >= 15 is 0 Å². The summed E-state index contributed by atoms with van der Waals surface area (Å²) in [7, 11) is -2.00. The normalized spacial score (nSPS) is 11.8. The molecule has 0 aliphatic heterocycles. The number of aliphatic hydroxyl groups excluding tert-OH is 1. The van der Waals surface area contributed by atoms with Crippen LogP contribution in [0.15, 0.2) is 35.7 Å². The molecule has 0 spiro atoms. The Kier molecular flexibility index (Phi) is 5.07. The molecule has 1 rings (SSSR count). The van der Waals surface area contributed by atoms with Gasteiger partial charge in [0.2, 0.25) is 10.0 Å². The average Bonchev–Trinajstić information content (AvgIpc) is 2.38. The van der Waals surface area contributed by atoms with Crippen molar-refractivity contribution in [2.45, 2.75) is 24.8 Å². The lowest BCUT2D eigenvalue weighted by molar-refractivity contribution is 0.280. The molecule has 0 bridgehead atoms. The second-order valence-electron chi connectivity index (χ2n) is 4.02. The van der Waals surface area contributed by atoms with Crippen LogP contribution in [0, 0.1) is 0 Å². The summed E-state index contributed by atoms with van der Waals surface area (Å²) in [6.45, 7) is 5.59. The van der Waals surface area contributed by atoms with Crippen molar-refractivity contribution in [1.82, 2.24) is 4.31 Å². The molecule has 5 heteroatoms. The van der Waals surface area contributed by atoms with Crippen LogP contribution in [0.3, 0.4) is 0 Å². The van der Waals surface area contributed by atoms with E-state index in [0.717, 1.165) is 12.0 Å². The zero-order valence-electron chi connectivity index (χ0n) is 10.8. The number of hydrogen-bond donors (Lipinski definition) is 1. The quantitative estimate of drug-likeness (QED) is 0.797. The molecular formula is C13H19NO3S. The van der Waals surface area contributed by atoms with Gasteiger partial charge in [-0.2, -0.15) is 4.31 Å². The number of benzene rings is 1. The van der Waals surface area contributed by atoms with Crippen molar-refractivity contribution in [3.63, 3.8) is 0 Å². The van der Waals surface area contributed by atoms with Crippen molar-refractivity contribution in [2.24, 2.45) is 0 Å². The van der Waals surface area contributed by atoms with Gasteiger partial charge in [-0.25, -0.2) is 8.42 Å². The Bertz CT molecular complexity index is 523. The lowest BCUT2D eigenvalue weighted by atomic mass is 10.1. The van der Waals surface area contributed by atoms with Gasteiger partial charge in [-0.1, -0.05) is 19.1 Å². The Balaban J connectivity index is 3.21. The molecule has 0 saturated carbocycles. The second kappa shape index (κ2) is 6.13. The fraction of sp³-hybridized carbons (Fsp3) is 0.385. The standard InChI is InChI=1S/C13H19NO3S/c1-4-8-14(3)18(16,17)13-7-6-11(5-2)12(9-13)10-15/h4,6-7,9,15H,1,5,8,10H2,2-3H3. The second-order valence-corrected chi connectivity index (χ2v) is 6.06. The van der Waals surface area contributed by atoms with E-state index in [-0.39, 0.29) is 18.0 Å². The van der Waals surface area contributed by atoms with E-state index in [9.17, 15) is 13.5 Å². The van der Waals surface area contributed by atoms with Crippen molar-refractivity contribution < 1.29 is 13.5 Å². The highest BCUT2D eigenvalue weighted by atomic mass is 32.2. The van der Waals surface area contributed by atoms with Gasteiger partial charge < -0.3 is 5.11 Å². The van der Waals surface area contributed by atoms with Gasteiger partial charge in [0.25, 0.3) is 0 Å². The lowest BCUT2D eigenvalue weighted by Gasteiger charge is -2.16. The number of likely N-dealkylation sites (N-methyl/N-ethyl adjacent to an activating group) is 1. The molecule has 0 aliphatic rings. The van der Waals surface area contributed by atoms with Crippen LogP contribution < -0.4 is 0 Å². The number of nitrogens with zero attached hydrogens (tertiary/aromatic N) is 1. The number of hydrogen-bond acceptors (Lipinski definition) is 3. The van der Waals surface area contributed by atoms with Crippen LogP contribution >= 0.6 is 0 Å². The van der Waals surface area contributed by atoms with E-state index in [1.165, 1.54) is 23.5 Å². The first-order chi connectivity index (χ1) is 8.47. The molecular weight excluding hydrogens is 250 g/mol. The topological polar surface area (TPSA) is 57.6 Å². The third-order valence-corrected chi connectivity index (χ3v) is 4.64. The van der Waals surface area contributed by atoms with Gasteiger partial charge in [0.05, 0.1) is 11.5 Å². The summed E-state index contributed by atoms with van der Waals surface area (Å²) < 4.78 is 25.6. The summed E-state index contributed by atoms with van der Waals surface area (Å²) in [6, 6.07) is 4.86. The first-order valence-electron chi connectivity index (χ1n) is 5.77. The Morgan fingerprint density at radius 3 is 2.56 bits per heavy atom. The maximum absolute atomic E-state index is 12.2. The maximum Gasteiger partial charge on any atom is 0.243 e. The molecule has 0 radical (unpaired) electrons. The van der Waals surface area contributed by atoms with Crippen LogP contribution in [0.2, 0.25) is 0 Å². The third kappa shape index (κ3) is 2.98. The molecule has 0 saturated heterocycles. The molecule has 1 aromatic carbocycles. The van der Waals surface area contributed by atoms with Gasteiger partial charge in [0.1, 0.15) is 0 Å². The van der Waals surface area contributed by atoms with E-state index in [4.69, 9.17) is 0 Å². The molecule has 0 aliphatic carbocycles. The minimum absolute atomic E-state index is 0.155. The lowest BCUT2D eigenvalue weighted by Crippen LogP contribution is -2.27. The van der Waals surface area contributed by atoms with E-state index in [1.807, 2.05) is 6.92 Å². The monoisotopic (exact) mass is 269 g/mol. The third-order valence-electron chi connectivity index (χ3n) is 2.82. The van der Waals surface area contributed by atoms with Crippen LogP contribution in [0.1, 0.15) is 18.1 Å². The summed E-state index contributed by atoms with van der Waals surface area (Å²) in [5.74, 6) is 0. The molecule has 0 amide bonds. The highest BCUT2D eigenvalue weighted by Crippen LogP contribution is 2.19. The van der Waals surface area contributed by atoms with Gasteiger partial charge in [0.15, 0.2) is 0 Å². The molecule has 0 aromatic heterocycles. The smallest absolute Gasteiger partial charge is 0.243 e. The number of aliphatic hydroxyl groups is 1. The van der Waals surface area contributed by atoms with Crippen LogP contribution in [0.25, 0.3) is 0 Å². The summed E-state index contributed by atoms with van der Waals surface area (Å²) in [6.07, 6.45) is 2.30. The zero-order valence-corrected chi connectivity index (χ0v) is 11.6. The van der Waals surface area contributed by atoms with Crippen LogP contribution in [-0.2, 0) is 23.1 Å². The highest BCUT2D eigenvalue weighted by molar-refractivity contribution is 7.89. The minimum Gasteiger partial charge on any atom is -0.392 e. The zero-order chi connectivity index (χ0) is 13.8. The van der Waals surface area contributed by atoms with E-state index in [1.54, 1.807) is 12.1 Å². The van der Waals surface area contributed by atoms with Crippen molar-refractivity contribution in [3.8, 4) is 0 Å². The molecule has 18 heavy (non-hydrogen) atoms. The molecule has 0 atom stereocenters. The van der Waals surface area contributed by atoms with Crippen molar-refractivity contribution in [3.05, 3.63) is 42.0 Å². The van der Waals surface area contributed by atoms with Gasteiger partial charge in [-0.05, 0) is 29.7 Å². The van der Waals surface area contributed by atoms with Crippen LogP contribution in [-0.4, -0.2) is 31.4 Å². The summed E-state index contributed by atoms with van der Waals surface area (Å²) in [4.78, 5) is 0.202. The Morgan fingerprint density at radius 1 is 1.39 bits per heavy atom. The van der Waals surface area contributed by atoms with Gasteiger partial charge in [-0.15, -0.1) is 6.58 Å². The molecule has 4 nitrogen and oxygen atoms in total.